The van der Waals surface area contributed by atoms with Crippen LogP contribution in [0, 0.1) is 5.82 Å². The lowest BCUT2D eigenvalue weighted by Gasteiger charge is -2.43. The number of fused-ring (bicyclic) bond motifs is 1. The monoisotopic (exact) mass is 603 g/mol. The molecule has 1 fully saturated rings. The van der Waals surface area contributed by atoms with E-state index in [4.69, 9.17) is 13.7 Å². The van der Waals surface area contributed by atoms with Gasteiger partial charge in [0, 0.05) is 24.7 Å². The van der Waals surface area contributed by atoms with Crippen molar-refractivity contribution in [2.45, 2.75) is 78.4 Å². The van der Waals surface area contributed by atoms with Crippen LogP contribution in [0.4, 0.5) is 10.1 Å². The minimum absolute atomic E-state index is 0.0371. The molecule has 1 aliphatic heterocycles. The van der Waals surface area contributed by atoms with E-state index in [-0.39, 0.29) is 41.2 Å². The summed E-state index contributed by atoms with van der Waals surface area (Å²) in [6, 6.07) is 22.4. The van der Waals surface area contributed by atoms with Crippen LogP contribution >= 0.6 is 0 Å². The maximum absolute atomic E-state index is 16.6. The van der Waals surface area contributed by atoms with E-state index in [2.05, 4.69) is 55.5 Å². The molecule has 0 aliphatic carbocycles. The lowest BCUT2D eigenvalue weighted by molar-refractivity contribution is -0.00549. The van der Waals surface area contributed by atoms with E-state index in [0.717, 1.165) is 10.4 Å². The molecular weight excluding hydrogens is 561 g/mol. The van der Waals surface area contributed by atoms with Crippen molar-refractivity contribution in [2.75, 3.05) is 18.0 Å². The molecule has 9 heteroatoms. The number of benzene rings is 3. The van der Waals surface area contributed by atoms with E-state index in [0.29, 0.717) is 29.7 Å². The normalized spacial score (nSPS) is 17.9. The van der Waals surface area contributed by atoms with Gasteiger partial charge in [-0.05, 0) is 49.2 Å². The minimum Gasteiger partial charge on any atom is -0.403 e. The second-order valence-corrected chi connectivity index (χ2v) is 17.2. The lowest BCUT2D eigenvalue weighted by atomic mass is 10.0. The molecular formula is C34H42FN3O4Si. The number of aromatic nitrogens is 1. The van der Waals surface area contributed by atoms with Gasteiger partial charge in [-0.3, -0.25) is 4.79 Å². The molecule has 1 saturated heterocycles. The van der Waals surface area contributed by atoms with Crippen molar-refractivity contribution in [3.63, 3.8) is 0 Å². The third-order valence-electron chi connectivity index (χ3n) is 7.99. The minimum atomic E-state index is -2.94. The van der Waals surface area contributed by atoms with Crippen molar-refractivity contribution in [2.24, 2.45) is 0 Å². The van der Waals surface area contributed by atoms with Gasteiger partial charge in [-0.2, -0.15) is 0 Å². The van der Waals surface area contributed by atoms with Gasteiger partial charge in [0.1, 0.15) is 0 Å². The number of halogens is 1. The van der Waals surface area contributed by atoms with Gasteiger partial charge >= 0.3 is 0 Å². The highest BCUT2D eigenvalue weighted by atomic mass is 28.4. The van der Waals surface area contributed by atoms with Gasteiger partial charge in [-0.25, -0.2) is 4.39 Å². The number of amides is 1. The Kier molecular flexibility index (Phi) is 8.79. The molecule has 2 atom stereocenters. The van der Waals surface area contributed by atoms with Crippen molar-refractivity contribution < 1.29 is 22.9 Å². The summed E-state index contributed by atoms with van der Waals surface area (Å²) in [4.78, 5) is 15.0. The van der Waals surface area contributed by atoms with E-state index in [9.17, 15) is 4.79 Å². The Hall–Kier alpha value is -3.53. The van der Waals surface area contributed by atoms with Gasteiger partial charge in [0.2, 0.25) is 5.58 Å². The quantitative estimate of drug-likeness (QED) is 0.257. The number of carbonyl (C=O) groups is 1. The molecule has 0 spiro atoms. The highest BCUT2D eigenvalue weighted by Crippen LogP contribution is 2.40. The Bertz CT molecular complexity index is 1520. The van der Waals surface area contributed by atoms with Gasteiger partial charge in [-0.15, -0.1) is 0 Å². The fourth-order valence-electron chi connectivity index (χ4n) is 6.33. The predicted molar refractivity (Wildman–Crippen MR) is 171 cm³/mol. The van der Waals surface area contributed by atoms with E-state index in [1.165, 1.54) is 0 Å². The lowest BCUT2D eigenvalue weighted by Crippen LogP contribution is -2.66. The maximum atomic E-state index is 16.6. The van der Waals surface area contributed by atoms with Crippen molar-refractivity contribution >= 4 is 41.3 Å². The van der Waals surface area contributed by atoms with Crippen LogP contribution in [0.2, 0.25) is 5.04 Å². The molecule has 2 heterocycles. The van der Waals surface area contributed by atoms with Crippen LogP contribution in [0.5, 0.6) is 0 Å². The predicted octanol–water partition coefficient (Wildman–Crippen LogP) is 5.80. The molecule has 1 amide bonds. The summed E-state index contributed by atoms with van der Waals surface area (Å²) < 4.78 is 35.3. The van der Waals surface area contributed by atoms with Crippen LogP contribution < -0.4 is 20.6 Å². The molecule has 1 aliphatic rings. The largest absolute Gasteiger partial charge is 0.403 e. The van der Waals surface area contributed by atoms with Crippen LogP contribution in [0.3, 0.4) is 0 Å². The fourth-order valence-corrected chi connectivity index (χ4v) is 10.9. The number of rotatable bonds is 8. The zero-order valence-electron chi connectivity index (χ0n) is 26.1. The Labute approximate surface area is 254 Å². The third-order valence-corrected chi connectivity index (χ3v) is 13.0. The first-order valence-electron chi connectivity index (χ1n) is 15.0. The number of hydrogen-bond acceptors (Lipinski definition) is 6. The van der Waals surface area contributed by atoms with E-state index < -0.39 is 20.0 Å². The number of ether oxygens (including phenoxy) is 1. The van der Waals surface area contributed by atoms with Crippen LogP contribution in [0.1, 0.15) is 64.5 Å². The Morgan fingerprint density at radius 2 is 1.60 bits per heavy atom. The van der Waals surface area contributed by atoms with Gasteiger partial charge in [-0.1, -0.05) is 86.6 Å². The highest BCUT2D eigenvalue weighted by molar-refractivity contribution is 6.99. The Morgan fingerprint density at radius 3 is 2.12 bits per heavy atom. The van der Waals surface area contributed by atoms with E-state index >= 15 is 4.39 Å². The van der Waals surface area contributed by atoms with Crippen molar-refractivity contribution in [1.82, 2.24) is 10.5 Å². The van der Waals surface area contributed by atoms with Crippen molar-refractivity contribution in [3.05, 3.63) is 83.8 Å². The van der Waals surface area contributed by atoms with Crippen molar-refractivity contribution in [1.29, 1.82) is 0 Å². The first kappa shape index (κ1) is 30.9. The van der Waals surface area contributed by atoms with Gasteiger partial charge in [0.25, 0.3) is 14.2 Å². The second kappa shape index (κ2) is 12.2. The number of carbonyl (C=O) groups excluding carboxylic acids is 1. The summed E-state index contributed by atoms with van der Waals surface area (Å²) in [5.41, 5.74) is 1.06. The molecule has 228 valence electrons. The fraction of sp³-hybridized carbons (Fsp3) is 0.412. The molecule has 0 saturated carbocycles. The van der Waals surface area contributed by atoms with Crippen LogP contribution in [-0.4, -0.2) is 50.7 Å². The first-order chi connectivity index (χ1) is 20.4. The van der Waals surface area contributed by atoms with Gasteiger partial charge in [0.05, 0.1) is 29.9 Å². The van der Waals surface area contributed by atoms with E-state index in [1.54, 1.807) is 0 Å². The molecule has 3 aromatic carbocycles. The number of anilines is 1. The van der Waals surface area contributed by atoms with Crippen LogP contribution in [0.25, 0.3) is 11.0 Å². The number of nitrogens with one attached hydrogen (secondary N) is 1. The molecule has 43 heavy (non-hydrogen) atoms. The summed E-state index contributed by atoms with van der Waals surface area (Å²) in [6.45, 7) is 15.5. The molecule has 0 radical (unpaired) electrons. The molecule has 4 aromatic rings. The topological polar surface area (TPSA) is 76.8 Å². The molecule has 7 nitrogen and oxygen atoms in total. The van der Waals surface area contributed by atoms with E-state index in [1.807, 2.05) is 75.1 Å². The summed E-state index contributed by atoms with van der Waals surface area (Å²) in [6.07, 6.45) is -0.183. The Balaban J connectivity index is 1.69. The zero-order valence-corrected chi connectivity index (χ0v) is 27.1. The molecule has 1 N–H and O–H groups in total. The Morgan fingerprint density at radius 1 is 1.05 bits per heavy atom. The summed E-state index contributed by atoms with van der Waals surface area (Å²) in [7, 11) is -2.94. The maximum Gasteiger partial charge on any atom is 0.274 e. The van der Waals surface area contributed by atoms with Gasteiger partial charge in [0.15, 0.2) is 11.5 Å². The zero-order chi connectivity index (χ0) is 30.9. The highest BCUT2D eigenvalue weighted by Gasteiger charge is 2.50. The summed E-state index contributed by atoms with van der Waals surface area (Å²) in [5.74, 6) is -0.954. The van der Waals surface area contributed by atoms with Gasteiger partial charge < -0.3 is 23.9 Å². The summed E-state index contributed by atoms with van der Waals surface area (Å²) in [5, 5.41) is 9.19. The molecule has 0 bridgehead atoms. The molecule has 1 aromatic heterocycles. The average molecular weight is 604 g/mol. The van der Waals surface area contributed by atoms with Crippen LogP contribution in [-0.2, 0) is 15.8 Å². The van der Waals surface area contributed by atoms with Crippen molar-refractivity contribution in [3.8, 4) is 0 Å². The number of morpholine rings is 1. The first-order valence-corrected chi connectivity index (χ1v) is 16.9. The second-order valence-electron chi connectivity index (χ2n) is 12.8. The molecule has 0 unspecified atom stereocenters. The number of nitrogens with zero attached hydrogens (tertiary/aromatic N) is 2. The number of hydrogen-bond donors (Lipinski definition) is 1. The third kappa shape index (κ3) is 5.98. The smallest absolute Gasteiger partial charge is 0.274 e. The SMILES string of the molecule is CC(C)NC(=O)c1noc2c(F)c(N3C[C@@H](C)O[C@@H](C)C3)c(CO[Si](c3ccccc3)(c3ccccc3)C(C)(C)C)cc12. The molecule has 5 rings (SSSR count). The average Bonchev–Trinajstić information content (AvgIpc) is 3.37. The van der Waals surface area contributed by atoms with Crippen LogP contribution in [0.15, 0.2) is 71.3 Å². The summed E-state index contributed by atoms with van der Waals surface area (Å²) >= 11 is 0. The standard InChI is InChI=1S/C34H42FN3O4Si/c1-22(2)36-33(39)30-28-18-25(31(29(35)32(28)42-37-30)38-19-23(3)41-24(4)20-38)21-40-43(34(5,6)7,26-14-10-8-11-15-26)27-16-12-9-13-17-27/h8-18,22-24H,19-21H2,1-7H3,(H,36,39)/t23-,24+.